The maximum Gasteiger partial charge on any atom is 0.200 e. The van der Waals surface area contributed by atoms with Gasteiger partial charge in [-0.05, 0) is 45.8 Å². The van der Waals surface area contributed by atoms with E-state index in [9.17, 15) is 9.18 Å². The minimum Gasteiger partial charge on any atom is -0.492 e. The van der Waals surface area contributed by atoms with E-state index in [0.717, 1.165) is 16.5 Å². The summed E-state index contributed by atoms with van der Waals surface area (Å²) in [5.74, 6) is -0.362. The van der Waals surface area contributed by atoms with Crippen LogP contribution in [-0.4, -0.2) is 12.4 Å². The summed E-state index contributed by atoms with van der Waals surface area (Å²) in [6.45, 7) is 0.546. The third-order valence-corrected chi connectivity index (χ3v) is 4.30. The van der Waals surface area contributed by atoms with Crippen molar-refractivity contribution < 1.29 is 13.9 Å². The molecule has 0 fully saturated rings. The molecular formula is C15H9Br2FO2. The van der Waals surface area contributed by atoms with Gasteiger partial charge in [0.05, 0.1) is 17.7 Å². The van der Waals surface area contributed by atoms with Crippen LogP contribution in [-0.2, 0) is 6.42 Å². The van der Waals surface area contributed by atoms with Gasteiger partial charge in [0.2, 0.25) is 5.78 Å². The monoisotopic (exact) mass is 398 g/mol. The van der Waals surface area contributed by atoms with Crippen LogP contribution in [0.1, 0.15) is 21.5 Å². The molecule has 0 saturated carbocycles. The van der Waals surface area contributed by atoms with Crippen molar-refractivity contribution in [2.75, 3.05) is 6.61 Å². The Hall–Kier alpha value is -1.20. The number of carbonyl (C=O) groups is 1. The van der Waals surface area contributed by atoms with Crippen LogP contribution in [0.5, 0.6) is 5.75 Å². The molecule has 0 aromatic heterocycles. The van der Waals surface area contributed by atoms with Crippen molar-refractivity contribution in [3.05, 3.63) is 61.8 Å². The zero-order chi connectivity index (χ0) is 14.3. The molecule has 2 nitrogen and oxygen atoms in total. The number of rotatable bonds is 2. The summed E-state index contributed by atoms with van der Waals surface area (Å²) < 4.78 is 20.7. The summed E-state index contributed by atoms with van der Waals surface area (Å²) in [5.41, 5.74) is 1.39. The molecular weight excluding hydrogens is 391 g/mol. The highest BCUT2D eigenvalue weighted by Crippen LogP contribution is 2.35. The first-order valence-corrected chi connectivity index (χ1v) is 7.60. The summed E-state index contributed by atoms with van der Waals surface area (Å²) in [7, 11) is 0. The SMILES string of the molecule is O=C(c1cc(Br)cc2c1OCC2)c1c(F)cccc1Br. The lowest BCUT2D eigenvalue weighted by molar-refractivity contribution is 0.103. The van der Waals surface area contributed by atoms with Crippen LogP contribution in [0, 0.1) is 5.82 Å². The van der Waals surface area contributed by atoms with Crippen molar-refractivity contribution in [1.82, 2.24) is 0 Å². The average molecular weight is 400 g/mol. The molecule has 5 heteroatoms. The minimum absolute atomic E-state index is 0.0308. The third-order valence-electron chi connectivity index (χ3n) is 3.18. The van der Waals surface area contributed by atoms with Gasteiger partial charge in [0.25, 0.3) is 0 Å². The lowest BCUT2D eigenvalue weighted by Crippen LogP contribution is -2.07. The first-order valence-electron chi connectivity index (χ1n) is 6.02. The number of halogens is 3. The predicted octanol–water partition coefficient (Wildman–Crippen LogP) is 4.52. The predicted molar refractivity (Wildman–Crippen MR) is 80.9 cm³/mol. The summed E-state index contributed by atoms with van der Waals surface area (Å²) >= 11 is 6.61. The molecule has 0 atom stereocenters. The lowest BCUT2D eigenvalue weighted by atomic mass is 9.99. The molecule has 3 rings (SSSR count). The topological polar surface area (TPSA) is 26.3 Å². The van der Waals surface area contributed by atoms with Crippen molar-refractivity contribution in [1.29, 1.82) is 0 Å². The molecule has 2 aromatic rings. The highest BCUT2D eigenvalue weighted by atomic mass is 79.9. The standard InChI is InChI=1S/C15H9Br2FO2/c16-9-6-8-4-5-20-15(8)10(7-9)14(19)13-11(17)2-1-3-12(13)18/h1-3,6-7H,4-5H2. The molecule has 0 amide bonds. The van der Waals surface area contributed by atoms with E-state index in [-0.39, 0.29) is 11.3 Å². The number of ether oxygens (including phenoxy) is 1. The van der Waals surface area contributed by atoms with Crippen LogP contribution in [0.4, 0.5) is 4.39 Å². The second kappa shape index (κ2) is 5.30. The van der Waals surface area contributed by atoms with Gasteiger partial charge in [0.1, 0.15) is 11.6 Å². The van der Waals surface area contributed by atoms with Gasteiger partial charge in [0.15, 0.2) is 0 Å². The average Bonchev–Trinajstić information content (AvgIpc) is 2.85. The van der Waals surface area contributed by atoms with E-state index in [1.54, 1.807) is 18.2 Å². The summed E-state index contributed by atoms with van der Waals surface area (Å²) in [4.78, 5) is 12.6. The number of carbonyl (C=O) groups excluding carboxylic acids is 1. The Balaban J connectivity index is 2.17. The van der Waals surface area contributed by atoms with Crippen molar-refractivity contribution in [3.8, 4) is 5.75 Å². The van der Waals surface area contributed by atoms with Gasteiger partial charge in [-0.1, -0.05) is 22.0 Å². The van der Waals surface area contributed by atoms with Gasteiger partial charge in [-0.25, -0.2) is 4.39 Å². The Morgan fingerprint density at radius 1 is 1.25 bits per heavy atom. The van der Waals surface area contributed by atoms with Crippen molar-refractivity contribution in [2.45, 2.75) is 6.42 Å². The molecule has 1 aliphatic rings. The molecule has 0 bridgehead atoms. The summed E-state index contributed by atoms with van der Waals surface area (Å²) in [5, 5.41) is 0. The lowest BCUT2D eigenvalue weighted by Gasteiger charge is -2.10. The number of benzene rings is 2. The van der Waals surface area contributed by atoms with Gasteiger partial charge >= 0.3 is 0 Å². The third kappa shape index (κ3) is 2.29. The Bertz CT molecular complexity index is 693. The fourth-order valence-electron chi connectivity index (χ4n) is 2.29. The Morgan fingerprint density at radius 3 is 2.80 bits per heavy atom. The van der Waals surface area contributed by atoms with Gasteiger partial charge in [0, 0.05) is 15.4 Å². The highest BCUT2D eigenvalue weighted by molar-refractivity contribution is 9.10. The Morgan fingerprint density at radius 2 is 2.05 bits per heavy atom. The zero-order valence-corrected chi connectivity index (χ0v) is 13.4. The van der Waals surface area contributed by atoms with Crippen molar-refractivity contribution >= 4 is 37.6 Å². The first kappa shape index (κ1) is 13.8. The van der Waals surface area contributed by atoms with Crippen LogP contribution in [0.15, 0.2) is 39.3 Å². The maximum atomic E-state index is 13.9. The molecule has 0 radical (unpaired) electrons. The van der Waals surface area contributed by atoms with Gasteiger partial charge in [-0.2, -0.15) is 0 Å². The van der Waals surface area contributed by atoms with Gasteiger partial charge < -0.3 is 4.74 Å². The van der Waals surface area contributed by atoms with Crippen LogP contribution in [0.3, 0.4) is 0 Å². The molecule has 0 unspecified atom stereocenters. The number of hydrogen-bond donors (Lipinski definition) is 0. The summed E-state index contributed by atoms with van der Waals surface area (Å²) in [6.07, 6.45) is 0.757. The number of hydrogen-bond acceptors (Lipinski definition) is 2. The number of ketones is 1. The minimum atomic E-state index is -0.545. The normalized spacial score (nSPS) is 12.9. The van der Waals surface area contributed by atoms with Gasteiger partial charge in [-0.3, -0.25) is 4.79 Å². The second-order valence-corrected chi connectivity index (χ2v) is 6.24. The van der Waals surface area contributed by atoms with E-state index in [0.29, 0.717) is 22.4 Å². The molecule has 0 N–H and O–H groups in total. The molecule has 1 heterocycles. The molecule has 0 spiro atoms. The highest BCUT2D eigenvalue weighted by Gasteiger charge is 2.25. The van der Waals surface area contributed by atoms with Crippen LogP contribution >= 0.6 is 31.9 Å². The van der Waals surface area contributed by atoms with Crippen molar-refractivity contribution in [2.24, 2.45) is 0 Å². The molecule has 0 saturated heterocycles. The quantitative estimate of drug-likeness (QED) is 0.694. The molecule has 2 aromatic carbocycles. The van der Waals surface area contributed by atoms with E-state index in [2.05, 4.69) is 31.9 Å². The van der Waals surface area contributed by atoms with E-state index in [4.69, 9.17) is 4.74 Å². The molecule has 20 heavy (non-hydrogen) atoms. The first-order chi connectivity index (χ1) is 9.58. The second-order valence-electron chi connectivity index (χ2n) is 4.47. The van der Waals surface area contributed by atoms with E-state index >= 15 is 0 Å². The molecule has 1 aliphatic heterocycles. The molecule has 0 aliphatic carbocycles. The maximum absolute atomic E-state index is 13.9. The van der Waals surface area contributed by atoms with E-state index in [1.165, 1.54) is 6.07 Å². The van der Waals surface area contributed by atoms with Crippen LogP contribution in [0.25, 0.3) is 0 Å². The zero-order valence-electron chi connectivity index (χ0n) is 10.3. The van der Waals surface area contributed by atoms with Crippen LogP contribution < -0.4 is 4.74 Å². The van der Waals surface area contributed by atoms with Crippen molar-refractivity contribution in [3.63, 3.8) is 0 Å². The largest absolute Gasteiger partial charge is 0.492 e. The molecule has 102 valence electrons. The van der Waals surface area contributed by atoms with E-state index in [1.807, 2.05) is 6.07 Å². The van der Waals surface area contributed by atoms with Crippen LogP contribution in [0.2, 0.25) is 0 Å². The van der Waals surface area contributed by atoms with E-state index < -0.39 is 5.82 Å². The van der Waals surface area contributed by atoms with Gasteiger partial charge in [-0.15, -0.1) is 0 Å². The summed E-state index contributed by atoms with van der Waals surface area (Å²) in [6, 6.07) is 8.07. The smallest absolute Gasteiger partial charge is 0.200 e. The Labute approximate surface area is 132 Å². The Kier molecular flexibility index (Phi) is 3.65. The fourth-order valence-corrected chi connectivity index (χ4v) is 3.31. The number of fused-ring (bicyclic) bond motifs is 1. The fraction of sp³-hybridized carbons (Fsp3) is 0.133.